The molecule has 1 N–H and O–H groups in total. The van der Waals surface area contributed by atoms with Crippen molar-refractivity contribution in [3.05, 3.63) is 54.4 Å². The summed E-state index contributed by atoms with van der Waals surface area (Å²) in [6.07, 6.45) is 0.705. The Hall–Kier alpha value is -2.61. The van der Waals surface area contributed by atoms with E-state index in [-0.39, 0.29) is 11.7 Å². The van der Waals surface area contributed by atoms with Crippen LogP contribution < -0.4 is 5.32 Å². The van der Waals surface area contributed by atoms with Crippen molar-refractivity contribution in [1.82, 2.24) is 20.1 Å². The molecule has 0 radical (unpaired) electrons. The van der Waals surface area contributed by atoms with Gasteiger partial charge < -0.3 is 14.6 Å². The number of carbonyl (C=O) groups is 2. The molecule has 0 aliphatic heterocycles. The van der Waals surface area contributed by atoms with Gasteiger partial charge in [0.05, 0.1) is 12.3 Å². The SMILES string of the molecule is C=CCNC(=O)[C@H](C)OC(=O)CSc1nnc(C)n1Cc1ccccc1. The zero-order valence-corrected chi connectivity index (χ0v) is 15.7. The van der Waals surface area contributed by atoms with E-state index in [1.54, 1.807) is 6.08 Å². The fourth-order valence-electron chi connectivity index (χ4n) is 2.14. The van der Waals surface area contributed by atoms with Crippen molar-refractivity contribution in [3.63, 3.8) is 0 Å². The minimum Gasteiger partial charge on any atom is -0.452 e. The zero-order chi connectivity index (χ0) is 18.9. The van der Waals surface area contributed by atoms with Gasteiger partial charge in [-0.1, -0.05) is 48.2 Å². The molecule has 26 heavy (non-hydrogen) atoms. The molecule has 0 aliphatic rings. The van der Waals surface area contributed by atoms with Crippen molar-refractivity contribution >= 4 is 23.6 Å². The van der Waals surface area contributed by atoms with Gasteiger partial charge in [-0.3, -0.25) is 9.59 Å². The lowest BCUT2D eigenvalue weighted by atomic mass is 10.2. The second kappa shape index (κ2) is 9.76. The van der Waals surface area contributed by atoms with Crippen LogP contribution in [0.5, 0.6) is 0 Å². The van der Waals surface area contributed by atoms with Gasteiger partial charge in [-0.25, -0.2) is 0 Å². The van der Waals surface area contributed by atoms with E-state index in [0.29, 0.717) is 18.2 Å². The third-order valence-electron chi connectivity index (χ3n) is 3.50. The van der Waals surface area contributed by atoms with Gasteiger partial charge in [0.25, 0.3) is 5.91 Å². The number of rotatable bonds is 9. The molecule has 2 aromatic rings. The molecule has 1 aromatic carbocycles. The molecular formula is C18H22N4O3S. The molecular weight excluding hydrogens is 352 g/mol. The largest absolute Gasteiger partial charge is 0.452 e. The number of hydrogen-bond acceptors (Lipinski definition) is 6. The zero-order valence-electron chi connectivity index (χ0n) is 14.8. The molecule has 0 saturated carbocycles. The first-order valence-corrected chi connectivity index (χ1v) is 9.14. The molecule has 8 heteroatoms. The first kappa shape index (κ1) is 19.7. The van der Waals surface area contributed by atoms with Crippen LogP contribution in [0.4, 0.5) is 0 Å². The highest BCUT2D eigenvalue weighted by Gasteiger charge is 2.18. The number of thioether (sulfide) groups is 1. The fraction of sp³-hybridized carbons (Fsp3) is 0.333. The summed E-state index contributed by atoms with van der Waals surface area (Å²) in [5.41, 5.74) is 1.12. The van der Waals surface area contributed by atoms with E-state index in [2.05, 4.69) is 22.1 Å². The van der Waals surface area contributed by atoms with Crippen molar-refractivity contribution in [1.29, 1.82) is 0 Å². The molecule has 1 amide bonds. The standard InChI is InChI=1S/C18H22N4O3S/c1-4-10-19-17(24)13(2)25-16(23)12-26-18-21-20-14(3)22(18)11-15-8-6-5-7-9-15/h4-9,13H,1,10-12H2,2-3H3,(H,19,24)/t13-/m0/s1. The molecule has 138 valence electrons. The van der Waals surface area contributed by atoms with Crippen molar-refractivity contribution < 1.29 is 14.3 Å². The Morgan fingerprint density at radius 3 is 2.77 bits per heavy atom. The van der Waals surface area contributed by atoms with Gasteiger partial charge in [0.15, 0.2) is 11.3 Å². The third-order valence-corrected chi connectivity index (χ3v) is 4.44. The number of carbonyl (C=O) groups excluding carboxylic acids is 2. The topological polar surface area (TPSA) is 86.1 Å². The van der Waals surface area contributed by atoms with E-state index in [4.69, 9.17) is 4.74 Å². The number of amides is 1. The highest BCUT2D eigenvalue weighted by atomic mass is 32.2. The molecule has 0 spiro atoms. The summed E-state index contributed by atoms with van der Waals surface area (Å²) in [7, 11) is 0. The van der Waals surface area contributed by atoms with E-state index in [1.807, 2.05) is 41.8 Å². The number of benzene rings is 1. The van der Waals surface area contributed by atoms with Gasteiger partial charge in [0.1, 0.15) is 5.82 Å². The molecule has 0 saturated heterocycles. The average molecular weight is 374 g/mol. The number of nitrogens with one attached hydrogen (secondary N) is 1. The molecule has 2 rings (SSSR count). The van der Waals surface area contributed by atoms with Gasteiger partial charge in [-0.15, -0.1) is 16.8 Å². The first-order valence-electron chi connectivity index (χ1n) is 8.16. The van der Waals surface area contributed by atoms with Crippen LogP contribution in [-0.2, 0) is 20.9 Å². The maximum Gasteiger partial charge on any atom is 0.317 e. The lowest BCUT2D eigenvalue weighted by molar-refractivity contribution is -0.152. The van der Waals surface area contributed by atoms with E-state index in [0.717, 1.165) is 11.4 Å². The summed E-state index contributed by atoms with van der Waals surface area (Å²) in [5, 5.41) is 11.4. The first-order chi connectivity index (χ1) is 12.5. The molecule has 0 bridgehead atoms. The molecule has 7 nitrogen and oxygen atoms in total. The van der Waals surface area contributed by atoms with Gasteiger partial charge >= 0.3 is 5.97 Å². The minimum atomic E-state index is -0.855. The second-order valence-electron chi connectivity index (χ2n) is 5.56. The Labute approximate surface area is 156 Å². The molecule has 1 atom stereocenters. The van der Waals surface area contributed by atoms with Crippen molar-refractivity contribution in [2.24, 2.45) is 0 Å². The number of aryl methyl sites for hydroxylation is 1. The van der Waals surface area contributed by atoms with Crippen LogP contribution >= 0.6 is 11.8 Å². The highest BCUT2D eigenvalue weighted by Crippen LogP contribution is 2.19. The number of hydrogen-bond donors (Lipinski definition) is 1. The predicted molar refractivity (Wildman–Crippen MR) is 99.8 cm³/mol. The summed E-state index contributed by atoms with van der Waals surface area (Å²) in [4.78, 5) is 23.7. The second-order valence-corrected chi connectivity index (χ2v) is 6.50. The Balaban J connectivity index is 1.90. The number of ether oxygens (including phenoxy) is 1. The van der Waals surface area contributed by atoms with Crippen molar-refractivity contribution in [3.8, 4) is 0 Å². The van der Waals surface area contributed by atoms with Crippen LogP contribution in [-0.4, -0.2) is 45.0 Å². The van der Waals surface area contributed by atoms with E-state index < -0.39 is 12.1 Å². The van der Waals surface area contributed by atoms with Crippen LogP contribution in [0.3, 0.4) is 0 Å². The summed E-state index contributed by atoms with van der Waals surface area (Å²) in [6.45, 7) is 7.86. The smallest absolute Gasteiger partial charge is 0.317 e. The summed E-state index contributed by atoms with van der Waals surface area (Å²) >= 11 is 1.23. The normalized spacial score (nSPS) is 11.6. The quantitative estimate of drug-likeness (QED) is 0.410. The van der Waals surface area contributed by atoms with E-state index >= 15 is 0 Å². The van der Waals surface area contributed by atoms with E-state index in [1.165, 1.54) is 18.7 Å². The van der Waals surface area contributed by atoms with Crippen LogP contribution in [0.15, 0.2) is 48.1 Å². The van der Waals surface area contributed by atoms with Gasteiger partial charge in [0.2, 0.25) is 0 Å². The van der Waals surface area contributed by atoms with E-state index in [9.17, 15) is 9.59 Å². The molecule has 0 fully saturated rings. The third kappa shape index (κ3) is 5.73. The van der Waals surface area contributed by atoms with Gasteiger partial charge in [-0.05, 0) is 19.4 Å². The predicted octanol–water partition coefficient (Wildman–Crippen LogP) is 1.96. The maximum absolute atomic E-state index is 12.0. The average Bonchev–Trinajstić information content (AvgIpc) is 2.98. The van der Waals surface area contributed by atoms with Gasteiger partial charge in [-0.2, -0.15) is 0 Å². The van der Waals surface area contributed by atoms with Crippen LogP contribution in [0.1, 0.15) is 18.3 Å². The van der Waals surface area contributed by atoms with Crippen LogP contribution in [0, 0.1) is 6.92 Å². The monoisotopic (exact) mass is 374 g/mol. The number of nitrogens with zero attached hydrogens (tertiary/aromatic N) is 3. The summed E-state index contributed by atoms with van der Waals surface area (Å²) < 4.78 is 7.07. The maximum atomic E-state index is 12.0. The minimum absolute atomic E-state index is 0.0476. The van der Waals surface area contributed by atoms with Gasteiger partial charge in [0, 0.05) is 6.54 Å². The van der Waals surface area contributed by atoms with Crippen molar-refractivity contribution in [2.75, 3.05) is 12.3 Å². The lowest BCUT2D eigenvalue weighted by Crippen LogP contribution is -2.36. The summed E-state index contributed by atoms with van der Waals surface area (Å²) in [5.74, 6) is -0.0252. The Morgan fingerprint density at radius 1 is 1.35 bits per heavy atom. The lowest BCUT2D eigenvalue weighted by Gasteiger charge is -2.12. The molecule has 1 aromatic heterocycles. The highest BCUT2D eigenvalue weighted by molar-refractivity contribution is 7.99. The molecule has 0 aliphatic carbocycles. The Bertz CT molecular complexity index is 761. The number of aromatic nitrogens is 3. The van der Waals surface area contributed by atoms with Crippen LogP contribution in [0.2, 0.25) is 0 Å². The summed E-state index contributed by atoms with van der Waals surface area (Å²) in [6, 6.07) is 9.94. The van der Waals surface area contributed by atoms with Crippen LogP contribution in [0.25, 0.3) is 0 Å². The molecule has 0 unspecified atom stereocenters. The molecule has 1 heterocycles. The number of esters is 1. The Morgan fingerprint density at radius 2 is 2.08 bits per heavy atom. The van der Waals surface area contributed by atoms with Crippen molar-refractivity contribution in [2.45, 2.75) is 31.7 Å². The Kier molecular flexibility index (Phi) is 7.40. The fourth-order valence-corrected chi connectivity index (χ4v) is 2.91.